The van der Waals surface area contributed by atoms with Gasteiger partial charge in [0.05, 0.1) is 24.0 Å². The van der Waals surface area contributed by atoms with Crippen LogP contribution in [-0.2, 0) is 14.8 Å². The van der Waals surface area contributed by atoms with Crippen LogP contribution in [0.3, 0.4) is 0 Å². The number of rotatable bonds is 5. The lowest BCUT2D eigenvalue weighted by molar-refractivity contribution is 0.200. The third-order valence-corrected chi connectivity index (χ3v) is 4.49. The van der Waals surface area contributed by atoms with Gasteiger partial charge in [0, 0.05) is 10.7 Å². The lowest BCUT2D eigenvalue weighted by atomic mass is 10.2. The third kappa shape index (κ3) is 4.17. The molecule has 4 nitrogen and oxygen atoms in total. The summed E-state index contributed by atoms with van der Waals surface area (Å²) in [6, 6.07) is 3.16. The highest BCUT2D eigenvalue weighted by Crippen LogP contribution is 2.39. The molecule has 20 heavy (non-hydrogen) atoms. The summed E-state index contributed by atoms with van der Waals surface area (Å²) in [7, 11) is 3.13. The second-order valence-electron chi connectivity index (χ2n) is 4.82. The maximum atomic E-state index is 11.2. The van der Waals surface area contributed by atoms with Gasteiger partial charge < -0.3 is 9.47 Å². The molecule has 1 aromatic rings. The Hall–Kier alpha value is -0.650. The van der Waals surface area contributed by atoms with Gasteiger partial charge in [-0.1, -0.05) is 11.6 Å². The largest absolute Gasteiger partial charge is 0.491 e. The van der Waals surface area contributed by atoms with Crippen LogP contribution in [-0.4, -0.2) is 21.6 Å². The molecule has 0 bridgehead atoms. The predicted octanol–water partition coefficient (Wildman–Crippen LogP) is 3.74. The monoisotopic (exact) mass is 338 g/mol. The first-order chi connectivity index (χ1) is 9.39. The predicted molar refractivity (Wildman–Crippen MR) is 79.4 cm³/mol. The fourth-order valence-corrected chi connectivity index (χ4v) is 3.63. The molecule has 0 unspecified atom stereocenters. The molecule has 1 aliphatic rings. The van der Waals surface area contributed by atoms with Crippen molar-refractivity contribution in [2.45, 2.75) is 37.5 Å². The number of hydrogen-bond donors (Lipinski definition) is 0. The lowest BCUT2D eigenvalue weighted by Crippen LogP contribution is -2.12. The topological polar surface area (TPSA) is 52.6 Å². The second kappa shape index (κ2) is 6.41. The summed E-state index contributed by atoms with van der Waals surface area (Å²) in [6.07, 6.45) is 4.37. The van der Waals surface area contributed by atoms with Crippen molar-refractivity contribution in [2.75, 3.05) is 7.11 Å². The van der Waals surface area contributed by atoms with Crippen molar-refractivity contribution in [1.82, 2.24) is 0 Å². The van der Waals surface area contributed by atoms with Crippen molar-refractivity contribution in [2.24, 2.45) is 0 Å². The van der Waals surface area contributed by atoms with E-state index in [9.17, 15) is 8.42 Å². The van der Waals surface area contributed by atoms with Crippen LogP contribution < -0.4 is 9.47 Å². The van der Waals surface area contributed by atoms with Gasteiger partial charge >= 0.3 is 0 Å². The van der Waals surface area contributed by atoms with Gasteiger partial charge in [-0.05, 0) is 43.4 Å². The quantitative estimate of drug-likeness (QED) is 0.767. The highest BCUT2D eigenvalue weighted by Gasteiger charge is 2.21. The number of halogens is 2. The molecule has 1 aliphatic carbocycles. The first-order valence-electron chi connectivity index (χ1n) is 6.34. The normalized spacial score (nSPS) is 16.4. The fourth-order valence-electron chi connectivity index (χ4n) is 2.38. The van der Waals surface area contributed by atoms with Gasteiger partial charge in [-0.2, -0.15) is 0 Å². The zero-order valence-electron chi connectivity index (χ0n) is 11.1. The molecule has 0 aliphatic heterocycles. The van der Waals surface area contributed by atoms with Gasteiger partial charge in [0.2, 0.25) is 9.05 Å². The maximum absolute atomic E-state index is 11.2. The SMILES string of the molecule is COc1c(Cl)cc(CS(=O)(=O)Cl)cc1OC1CCCC1. The van der Waals surface area contributed by atoms with E-state index in [1.165, 1.54) is 13.2 Å². The molecule has 0 spiro atoms. The highest BCUT2D eigenvalue weighted by atomic mass is 35.7. The molecule has 2 rings (SSSR count). The van der Waals surface area contributed by atoms with E-state index in [0.29, 0.717) is 22.1 Å². The standard InChI is InChI=1S/C13H16Cl2O4S/c1-18-13-11(14)6-9(8-20(15,16)17)7-12(13)19-10-4-2-3-5-10/h6-7,10H,2-5,8H2,1H3. The number of ether oxygens (including phenoxy) is 2. The van der Waals surface area contributed by atoms with E-state index < -0.39 is 9.05 Å². The van der Waals surface area contributed by atoms with Gasteiger partial charge in [-0.25, -0.2) is 8.42 Å². The van der Waals surface area contributed by atoms with Gasteiger partial charge in [0.15, 0.2) is 11.5 Å². The molecule has 0 radical (unpaired) electrons. The lowest BCUT2D eigenvalue weighted by Gasteiger charge is -2.17. The van der Waals surface area contributed by atoms with E-state index in [1.807, 2.05) is 0 Å². The molecular formula is C13H16Cl2O4S. The smallest absolute Gasteiger partial charge is 0.236 e. The highest BCUT2D eigenvalue weighted by molar-refractivity contribution is 8.13. The van der Waals surface area contributed by atoms with Crippen molar-refractivity contribution in [3.63, 3.8) is 0 Å². The van der Waals surface area contributed by atoms with E-state index in [1.54, 1.807) is 6.07 Å². The van der Waals surface area contributed by atoms with Crippen LogP contribution in [0.25, 0.3) is 0 Å². The summed E-state index contributed by atoms with van der Waals surface area (Å²) in [5, 5.41) is 0.318. The summed E-state index contributed by atoms with van der Waals surface area (Å²) in [5.74, 6) is 0.607. The van der Waals surface area contributed by atoms with Crippen LogP contribution in [0.2, 0.25) is 5.02 Å². The summed E-state index contributed by atoms with van der Waals surface area (Å²) in [4.78, 5) is 0. The van der Waals surface area contributed by atoms with Crippen LogP contribution in [0.4, 0.5) is 0 Å². The Morgan fingerprint density at radius 3 is 2.50 bits per heavy atom. The average Bonchev–Trinajstić information content (AvgIpc) is 2.79. The van der Waals surface area contributed by atoms with Gasteiger partial charge in [0.25, 0.3) is 0 Å². The number of hydrogen-bond acceptors (Lipinski definition) is 4. The summed E-state index contributed by atoms with van der Waals surface area (Å²) < 4.78 is 33.5. The number of benzene rings is 1. The van der Waals surface area contributed by atoms with Gasteiger partial charge in [-0.3, -0.25) is 0 Å². The van der Waals surface area contributed by atoms with Crippen LogP contribution in [0, 0.1) is 0 Å². The Morgan fingerprint density at radius 2 is 1.95 bits per heavy atom. The molecular weight excluding hydrogens is 323 g/mol. The van der Waals surface area contributed by atoms with Crippen LogP contribution in [0.5, 0.6) is 11.5 Å². The molecule has 1 fully saturated rings. The Balaban J connectivity index is 2.30. The molecule has 0 amide bonds. The number of methoxy groups -OCH3 is 1. The minimum atomic E-state index is -3.64. The Bertz CT molecular complexity index is 580. The van der Waals surface area contributed by atoms with Crippen molar-refractivity contribution in [3.8, 4) is 11.5 Å². The van der Waals surface area contributed by atoms with Gasteiger partial charge in [0.1, 0.15) is 0 Å². The Labute approximate surface area is 128 Å². The molecule has 112 valence electrons. The van der Waals surface area contributed by atoms with E-state index in [0.717, 1.165) is 25.7 Å². The van der Waals surface area contributed by atoms with Crippen LogP contribution in [0.15, 0.2) is 12.1 Å². The van der Waals surface area contributed by atoms with Crippen LogP contribution in [0.1, 0.15) is 31.2 Å². The van der Waals surface area contributed by atoms with E-state index in [-0.39, 0.29) is 11.9 Å². The summed E-state index contributed by atoms with van der Waals surface area (Å²) >= 11 is 6.11. The second-order valence-corrected chi connectivity index (χ2v) is 8.00. The Kier molecular flexibility index (Phi) is 5.04. The first kappa shape index (κ1) is 15.7. The zero-order valence-corrected chi connectivity index (χ0v) is 13.4. The van der Waals surface area contributed by atoms with E-state index in [4.69, 9.17) is 31.8 Å². The van der Waals surface area contributed by atoms with Crippen molar-refractivity contribution in [3.05, 3.63) is 22.7 Å². The molecule has 7 heteroatoms. The van der Waals surface area contributed by atoms with Crippen molar-refractivity contribution in [1.29, 1.82) is 0 Å². The molecule has 0 atom stereocenters. The molecule has 1 saturated carbocycles. The summed E-state index contributed by atoms with van der Waals surface area (Å²) in [6.45, 7) is 0. The zero-order chi connectivity index (χ0) is 14.8. The molecule has 0 saturated heterocycles. The minimum Gasteiger partial charge on any atom is -0.491 e. The van der Waals surface area contributed by atoms with Crippen molar-refractivity contribution >= 4 is 31.3 Å². The molecule has 1 aromatic carbocycles. The minimum absolute atomic E-state index is 0.128. The van der Waals surface area contributed by atoms with E-state index >= 15 is 0 Å². The molecule has 0 aromatic heterocycles. The average molecular weight is 339 g/mol. The Morgan fingerprint density at radius 1 is 1.30 bits per heavy atom. The van der Waals surface area contributed by atoms with Crippen LogP contribution >= 0.6 is 22.3 Å². The van der Waals surface area contributed by atoms with Gasteiger partial charge in [-0.15, -0.1) is 0 Å². The van der Waals surface area contributed by atoms with E-state index in [2.05, 4.69) is 0 Å². The third-order valence-electron chi connectivity index (χ3n) is 3.21. The molecule has 0 N–H and O–H groups in total. The summed E-state index contributed by atoms with van der Waals surface area (Å²) in [5.41, 5.74) is 0.485. The maximum Gasteiger partial charge on any atom is 0.236 e. The molecule has 0 heterocycles. The first-order valence-corrected chi connectivity index (χ1v) is 9.20. The van der Waals surface area contributed by atoms with Crippen molar-refractivity contribution < 1.29 is 17.9 Å². The fraction of sp³-hybridized carbons (Fsp3) is 0.538.